The van der Waals surface area contributed by atoms with Gasteiger partial charge in [0.05, 0.1) is 0 Å². The number of hydrogen-bond acceptors (Lipinski definition) is 4. The summed E-state index contributed by atoms with van der Waals surface area (Å²) in [6.07, 6.45) is -0.668. The first kappa shape index (κ1) is 10.7. The SMILES string of the molecule is Cc1nn(C)c2c1OC(C)C(=O)N(C)C2=O. The van der Waals surface area contributed by atoms with Gasteiger partial charge >= 0.3 is 0 Å². The van der Waals surface area contributed by atoms with Crippen LogP contribution in [0.25, 0.3) is 0 Å². The molecule has 0 bridgehead atoms. The van der Waals surface area contributed by atoms with Crippen molar-refractivity contribution in [3.8, 4) is 5.75 Å². The number of fused-ring (bicyclic) bond motifs is 1. The van der Waals surface area contributed by atoms with Gasteiger partial charge in [-0.05, 0) is 13.8 Å². The van der Waals surface area contributed by atoms with Crippen molar-refractivity contribution < 1.29 is 14.3 Å². The lowest BCUT2D eigenvalue weighted by Gasteiger charge is -2.14. The number of carbonyl (C=O) groups excluding carboxylic acids is 2. The summed E-state index contributed by atoms with van der Waals surface area (Å²) < 4.78 is 6.91. The van der Waals surface area contributed by atoms with Gasteiger partial charge in [-0.15, -0.1) is 0 Å². The van der Waals surface area contributed by atoms with Gasteiger partial charge in [-0.3, -0.25) is 19.2 Å². The average molecular weight is 223 g/mol. The van der Waals surface area contributed by atoms with Crippen molar-refractivity contribution in [2.24, 2.45) is 7.05 Å². The Bertz CT molecular complexity index is 478. The zero-order valence-electron chi connectivity index (χ0n) is 9.64. The van der Waals surface area contributed by atoms with E-state index in [2.05, 4.69) is 5.10 Å². The second-order valence-electron chi connectivity index (χ2n) is 3.85. The summed E-state index contributed by atoms with van der Waals surface area (Å²) in [6.45, 7) is 3.36. The van der Waals surface area contributed by atoms with Crippen molar-refractivity contribution in [1.29, 1.82) is 0 Å². The summed E-state index contributed by atoms with van der Waals surface area (Å²) in [5, 5.41) is 4.11. The molecule has 0 saturated carbocycles. The lowest BCUT2D eigenvalue weighted by molar-refractivity contribution is -0.133. The van der Waals surface area contributed by atoms with Crippen molar-refractivity contribution in [2.45, 2.75) is 20.0 Å². The summed E-state index contributed by atoms with van der Waals surface area (Å²) in [5.41, 5.74) is 0.929. The van der Waals surface area contributed by atoms with E-state index in [0.717, 1.165) is 4.90 Å². The maximum atomic E-state index is 12.0. The number of aryl methyl sites for hydroxylation is 2. The van der Waals surface area contributed by atoms with Gasteiger partial charge in [0.15, 0.2) is 17.5 Å². The van der Waals surface area contributed by atoms with Gasteiger partial charge in [-0.25, -0.2) is 0 Å². The molecular weight excluding hydrogens is 210 g/mol. The quantitative estimate of drug-likeness (QED) is 0.585. The van der Waals surface area contributed by atoms with Gasteiger partial charge < -0.3 is 4.74 Å². The van der Waals surface area contributed by atoms with Crippen LogP contribution in [0.4, 0.5) is 0 Å². The number of imide groups is 1. The fourth-order valence-corrected chi connectivity index (χ4v) is 1.77. The minimum absolute atomic E-state index is 0.317. The van der Waals surface area contributed by atoms with Gasteiger partial charge in [0.1, 0.15) is 5.69 Å². The zero-order valence-corrected chi connectivity index (χ0v) is 9.64. The van der Waals surface area contributed by atoms with Gasteiger partial charge in [-0.1, -0.05) is 0 Å². The number of rotatable bonds is 0. The second kappa shape index (κ2) is 3.33. The van der Waals surface area contributed by atoms with E-state index in [1.54, 1.807) is 20.9 Å². The monoisotopic (exact) mass is 223 g/mol. The molecule has 6 nitrogen and oxygen atoms in total. The Balaban J connectivity index is 2.62. The Morgan fingerprint density at radius 1 is 1.31 bits per heavy atom. The molecule has 16 heavy (non-hydrogen) atoms. The molecule has 1 aliphatic rings. The number of ether oxygens (including phenoxy) is 1. The fraction of sp³-hybridized carbons (Fsp3) is 0.500. The Morgan fingerprint density at radius 2 is 1.94 bits per heavy atom. The lowest BCUT2D eigenvalue weighted by atomic mass is 10.3. The van der Waals surface area contributed by atoms with Crippen LogP contribution in [0, 0.1) is 6.92 Å². The molecule has 2 amide bonds. The minimum Gasteiger partial charge on any atom is -0.476 e. The van der Waals surface area contributed by atoms with Crippen LogP contribution in [-0.2, 0) is 11.8 Å². The van der Waals surface area contributed by atoms with Gasteiger partial charge in [0, 0.05) is 14.1 Å². The van der Waals surface area contributed by atoms with Gasteiger partial charge in [0.25, 0.3) is 11.8 Å². The molecular formula is C10H13N3O3. The molecule has 0 aliphatic carbocycles. The highest BCUT2D eigenvalue weighted by atomic mass is 16.5. The van der Waals surface area contributed by atoms with Crippen molar-refractivity contribution in [3.05, 3.63) is 11.4 Å². The first-order chi connectivity index (χ1) is 7.43. The predicted molar refractivity (Wildman–Crippen MR) is 55.1 cm³/mol. The summed E-state index contributed by atoms with van der Waals surface area (Å²) in [4.78, 5) is 24.8. The fourth-order valence-electron chi connectivity index (χ4n) is 1.77. The zero-order chi connectivity index (χ0) is 12.0. The number of amides is 2. The minimum atomic E-state index is -0.668. The molecule has 0 saturated heterocycles. The van der Waals surface area contributed by atoms with Crippen molar-refractivity contribution >= 4 is 11.8 Å². The molecule has 6 heteroatoms. The molecule has 0 radical (unpaired) electrons. The van der Waals surface area contributed by atoms with E-state index in [1.165, 1.54) is 11.7 Å². The number of nitrogens with zero attached hydrogens (tertiary/aromatic N) is 3. The van der Waals surface area contributed by atoms with Crippen LogP contribution in [0.15, 0.2) is 0 Å². The van der Waals surface area contributed by atoms with E-state index in [4.69, 9.17) is 4.74 Å². The van der Waals surface area contributed by atoms with Gasteiger partial charge in [-0.2, -0.15) is 5.10 Å². The van der Waals surface area contributed by atoms with Gasteiger partial charge in [0.2, 0.25) is 0 Å². The topological polar surface area (TPSA) is 64.4 Å². The maximum Gasteiger partial charge on any atom is 0.282 e. The molecule has 2 rings (SSSR count). The molecule has 1 aliphatic heterocycles. The van der Waals surface area contributed by atoms with Crippen molar-refractivity contribution in [2.75, 3.05) is 7.05 Å². The number of hydrogen-bond donors (Lipinski definition) is 0. The molecule has 0 fully saturated rings. The third kappa shape index (κ3) is 1.30. The molecule has 1 atom stereocenters. The van der Waals surface area contributed by atoms with E-state index < -0.39 is 6.10 Å². The highest BCUT2D eigenvalue weighted by Crippen LogP contribution is 2.27. The largest absolute Gasteiger partial charge is 0.476 e. The van der Waals surface area contributed by atoms with E-state index >= 15 is 0 Å². The van der Waals surface area contributed by atoms with Crippen LogP contribution in [-0.4, -0.2) is 39.6 Å². The van der Waals surface area contributed by atoms with Crippen LogP contribution in [0.2, 0.25) is 0 Å². The van der Waals surface area contributed by atoms with Crippen LogP contribution in [0.1, 0.15) is 23.1 Å². The number of aromatic nitrogens is 2. The average Bonchev–Trinajstić information content (AvgIpc) is 2.46. The standard InChI is InChI=1S/C10H13N3O3/c1-5-8-7(13(4)11-5)10(15)12(3)9(14)6(2)16-8/h6H,1-4H3. The maximum absolute atomic E-state index is 12.0. The smallest absolute Gasteiger partial charge is 0.282 e. The van der Waals surface area contributed by atoms with E-state index in [9.17, 15) is 9.59 Å². The second-order valence-corrected chi connectivity index (χ2v) is 3.85. The Morgan fingerprint density at radius 3 is 2.56 bits per heavy atom. The summed E-state index contributed by atoms with van der Waals surface area (Å²) in [6, 6.07) is 0. The normalized spacial score (nSPS) is 20.5. The van der Waals surface area contributed by atoms with Crippen molar-refractivity contribution in [1.82, 2.24) is 14.7 Å². The molecule has 0 spiro atoms. The highest BCUT2D eigenvalue weighted by molar-refractivity contribution is 6.07. The molecule has 0 aromatic carbocycles. The molecule has 1 aromatic rings. The summed E-state index contributed by atoms with van der Waals surface area (Å²) >= 11 is 0. The van der Waals surface area contributed by atoms with Crippen molar-refractivity contribution in [3.63, 3.8) is 0 Å². The number of likely N-dealkylation sites (N-methyl/N-ethyl adjacent to an activating group) is 1. The molecule has 86 valence electrons. The Kier molecular flexibility index (Phi) is 2.22. The first-order valence-electron chi connectivity index (χ1n) is 4.95. The lowest BCUT2D eigenvalue weighted by Crippen LogP contribution is -2.39. The molecule has 1 unspecified atom stereocenters. The first-order valence-corrected chi connectivity index (χ1v) is 4.95. The number of carbonyl (C=O) groups is 2. The van der Waals surface area contributed by atoms with E-state index in [0.29, 0.717) is 17.1 Å². The van der Waals surface area contributed by atoms with Crippen LogP contribution < -0.4 is 4.74 Å². The Labute approximate surface area is 92.8 Å². The molecule has 2 heterocycles. The van der Waals surface area contributed by atoms with Crippen LogP contribution >= 0.6 is 0 Å². The van der Waals surface area contributed by atoms with Crippen LogP contribution in [0.3, 0.4) is 0 Å². The van der Waals surface area contributed by atoms with E-state index in [1.807, 2.05) is 0 Å². The van der Waals surface area contributed by atoms with Crippen LogP contribution in [0.5, 0.6) is 5.75 Å². The molecule has 1 aromatic heterocycles. The molecule has 0 N–H and O–H groups in total. The summed E-state index contributed by atoms with van der Waals surface area (Å²) in [5.74, 6) is -0.328. The predicted octanol–water partition coefficient (Wildman–Crippen LogP) is 0.108. The summed E-state index contributed by atoms with van der Waals surface area (Å²) in [7, 11) is 3.10. The third-order valence-corrected chi connectivity index (χ3v) is 2.65. The third-order valence-electron chi connectivity index (χ3n) is 2.65. The van der Waals surface area contributed by atoms with E-state index in [-0.39, 0.29) is 11.8 Å². The Hall–Kier alpha value is -1.85. The highest BCUT2D eigenvalue weighted by Gasteiger charge is 2.35.